The molecule has 6 heteroatoms. The summed E-state index contributed by atoms with van der Waals surface area (Å²) in [5, 5.41) is 8.34. The average molecular weight is 186 g/mol. The van der Waals surface area contributed by atoms with Gasteiger partial charge in [-0.2, -0.15) is 0 Å². The molecule has 1 rings (SSSR count). The molecule has 0 amide bonds. The Morgan fingerprint density at radius 3 is 3.00 bits per heavy atom. The van der Waals surface area contributed by atoms with Gasteiger partial charge in [0.15, 0.2) is 0 Å². The van der Waals surface area contributed by atoms with E-state index < -0.39 is 6.16 Å². The second kappa shape index (κ2) is 3.90. The maximum Gasteiger partial charge on any atom is 0.512 e. The number of ether oxygens (including phenoxy) is 2. The molecule has 72 valence electrons. The van der Waals surface area contributed by atoms with Gasteiger partial charge in [0.05, 0.1) is 6.20 Å². The predicted molar refractivity (Wildman–Crippen MR) is 42.6 cm³/mol. The van der Waals surface area contributed by atoms with E-state index in [1.807, 2.05) is 0 Å². The highest BCUT2D eigenvalue weighted by atomic mass is 16.7. The van der Waals surface area contributed by atoms with Crippen LogP contribution in [0.4, 0.5) is 4.79 Å². The summed E-state index contributed by atoms with van der Waals surface area (Å²) in [6.07, 6.45) is -0.0189. The lowest BCUT2D eigenvalue weighted by Gasteiger charge is -2.02. The molecule has 0 atom stereocenters. The Kier molecular flexibility index (Phi) is 2.86. The van der Waals surface area contributed by atoms with Crippen LogP contribution in [0.5, 0.6) is 5.88 Å². The van der Waals surface area contributed by atoms with Crippen molar-refractivity contribution in [2.45, 2.75) is 6.61 Å². The lowest BCUT2D eigenvalue weighted by atomic mass is 10.6. The number of aromatic nitrogens is 2. The molecule has 1 aromatic rings. The number of rotatable bonds is 3. The number of nitrogens with zero attached hydrogens (tertiary/aromatic N) is 2. The van der Waals surface area contributed by atoms with Gasteiger partial charge in [0.1, 0.15) is 12.4 Å². The summed E-state index contributed by atoms with van der Waals surface area (Å²) in [4.78, 5) is 14.1. The van der Waals surface area contributed by atoms with Crippen molar-refractivity contribution in [3.05, 3.63) is 12.0 Å². The van der Waals surface area contributed by atoms with Crippen LogP contribution in [0.15, 0.2) is 6.20 Å². The molecule has 0 radical (unpaired) electrons. The van der Waals surface area contributed by atoms with Gasteiger partial charge in [-0.3, -0.25) is 4.57 Å². The minimum absolute atomic E-state index is 0.180. The second-order valence-corrected chi connectivity index (χ2v) is 2.37. The zero-order valence-corrected chi connectivity index (χ0v) is 7.35. The van der Waals surface area contributed by atoms with Crippen LogP contribution in [0.3, 0.4) is 0 Å². The van der Waals surface area contributed by atoms with Crippen molar-refractivity contribution in [2.75, 3.05) is 7.11 Å². The van der Waals surface area contributed by atoms with E-state index in [-0.39, 0.29) is 5.88 Å². The Morgan fingerprint density at radius 1 is 1.77 bits per heavy atom. The highest BCUT2D eigenvalue weighted by Crippen LogP contribution is 2.12. The summed E-state index contributed by atoms with van der Waals surface area (Å²) < 4.78 is 10.8. The summed E-state index contributed by atoms with van der Waals surface area (Å²) in [7, 11) is 3.19. The minimum atomic E-state index is -1.35. The molecule has 0 spiro atoms. The Hall–Kier alpha value is -1.56. The van der Waals surface area contributed by atoms with E-state index in [4.69, 9.17) is 9.84 Å². The normalized spacial score (nSPS) is 10.0. The van der Waals surface area contributed by atoms with E-state index in [9.17, 15) is 4.79 Å². The molecule has 6 nitrogen and oxygen atoms in total. The summed E-state index contributed by atoms with van der Waals surface area (Å²) in [6, 6.07) is 0. The van der Waals surface area contributed by atoms with Crippen molar-refractivity contribution in [3.63, 3.8) is 0 Å². The van der Waals surface area contributed by atoms with Crippen LogP contribution in [0.2, 0.25) is 0 Å². The summed E-state index contributed by atoms with van der Waals surface area (Å²) >= 11 is 0. The molecule has 0 fully saturated rings. The lowest BCUT2D eigenvalue weighted by Crippen LogP contribution is -2.08. The quantitative estimate of drug-likeness (QED) is 0.700. The summed E-state index contributed by atoms with van der Waals surface area (Å²) in [6.45, 7) is 0.319. The fourth-order valence-corrected chi connectivity index (χ4v) is 0.878. The molecular weight excluding hydrogens is 176 g/mol. The zero-order valence-electron chi connectivity index (χ0n) is 7.35. The number of methoxy groups -OCH3 is 1. The third-order valence-corrected chi connectivity index (χ3v) is 1.51. The van der Waals surface area contributed by atoms with Crippen LogP contribution >= 0.6 is 0 Å². The van der Waals surface area contributed by atoms with E-state index in [1.165, 1.54) is 17.9 Å². The third-order valence-electron chi connectivity index (χ3n) is 1.51. The van der Waals surface area contributed by atoms with Crippen molar-refractivity contribution in [1.82, 2.24) is 9.55 Å². The van der Waals surface area contributed by atoms with Gasteiger partial charge in [0.2, 0.25) is 5.88 Å². The van der Waals surface area contributed by atoms with E-state index in [1.54, 1.807) is 7.05 Å². The fraction of sp³-hybridized carbons (Fsp3) is 0.429. The van der Waals surface area contributed by atoms with Crippen molar-refractivity contribution < 1.29 is 19.4 Å². The van der Waals surface area contributed by atoms with Gasteiger partial charge in [-0.1, -0.05) is 0 Å². The fourth-order valence-electron chi connectivity index (χ4n) is 0.878. The first-order valence-corrected chi connectivity index (χ1v) is 3.55. The molecule has 1 heterocycles. The van der Waals surface area contributed by atoms with Crippen LogP contribution in [0.25, 0.3) is 0 Å². The van der Waals surface area contributed by atoms with Crippen molar-refractivity contribution in [2.24, 2.45) is 7.05 Å². The molecule has 0 aromatic carbocycles. The van der Waals surface area contributed by atoms with Gasteiger partial charge >= 0.3 is 6.16 Å². The molecule has 0 aliphatic rings. The molecule has 0 bridgehead atoms. The molecule has 0 unspecified atom stereocenters. The second-order valence-electron chi connectivity index (χ2n) is 2.37. The first-order chi connectivity index (χ1) is 6.15. The average Bonchev–Trinajstić information content (AvgIpc) is 2.36. The van der Waals surface area contributed by atoms with Crippen LogP contribution < -0.4 is 4.74 Å². The first kappa shape index (κ1) is 9.53. The largest absolute Gasteiger partial charge is 0.512 e. The van der Waals surface area contributed by atoms with Gasteiger partial charge in [-0.05, 0) is 0 Å². The number of hydrogen-bond donors (Lipinski definition) is 1. The smallest absolute Gasteiger partial charge is 0.449 e. The number of imidazole rings is 1. The third kappa shape index (κ3) is 2.19. The van der Waals surface area contributed by atoms with Gasteiger partial charge in [0.25, 0.3) is 0 Å². The summed E-state index contributed by atoms with van der Waals surface area (Å²) in [5.74, 6) is 0.790. The SMILES string of the molecule is COCc1ncc(OC(=O)O)n1C. The van der Waals surface area contributed by atoms with E-state index in [0.29, 0.717) is 12.4 Å². The van der Waals surface area contributed by atoms with Crippen molar-refractivity contribution in [3.8, 4) is 5.88 Å². The van der Waals surface area contributed by atoms with Crippen LogP contribution in [-0.4, -0.2) is 27.9 Å². The highest BCUT2D eigenvalue weighted by Gasteiger charge is 2.09. The zero-order chi connectivity index (χ0) is 9.84. The Bertz CT molecular complexity index is 307. The van der Waals surface area contributed by atoms with E-state index in [2.05, 4.69) is 9.72 Å². The molecule has 0 saturated heterocycles. The lowest BCUT2D eigenvalue weighted by molar-refractivity contribution is 0.140. The topological polar surface area (TPSA) is 73.6 Å². The number of carboxylic acid groups (broad SMARTS) is 1. The summed E-state index contributed by atoms with van der Waals surface area (Å²) in [5.41, 5.74) is 0. The first-order valence-electron chi connectivity index (χ1n) is 3.55. The van der Waals surface area contributed by atoms with Gasteiger partial charge in [-0.25, -0.2) is 9.78 Å². The standard InChI is InChI=1S/C7H10N2O4/c1-9-5(4-12-2)8-3-6(9)13-7(10)11/h3H,4H2,1-2H3,(H,10,11). The van der Waals surface area contributed by atoms with Crippen molar-refractivity contribution in [1.29, 1.82) is 0 Å². The highest BCUT2D eigenvalue weighted by molar-refractivity contribution is 5.60. The van der Waals surface area contributed by atoms with E-state index in [0.717, 1.165) is 0 Å². The van der Waals surface area contributed by atoms with E-state index >= 15 is 0 Å². The molecule has 1 N–H and O–H groups in total. The predicted octanol–water partition coefficient (Wildman–Crippen LogP) is 0.623. The Labute approximate surface area is 74.7 Å². The number of carbonyl (C=O) groups is 1. The molecule has 0 aliphatic heterocycles. The van der Waals surface area contributed by atoms with Gasteiger partial charge in [0, 0.05) is 14.2 Å². The van der Waals surface area contributed by atoms with Gasteiger partial charge < -0.3 is 14.6 Å². The molecule has 13 heavy (non-hydrogen) atoms. The molecule has 0 saturated carbocycles. The van der Waals surface area contributed by atoms with Crippen LogP contribution in [-0.2, 0) is 18.4 Å². The monoisotopic (exact) mass is 186 g/mol. The Balaban J connectivity index is 2.79. The van der Waals surface area contributed by atoms with Gasteiger partial charge in [-0.15, -0.1) is 0 Å². The Morgan fingerprint density at radius 2 is 2.46 bits per heavy atom. The maximum atomic E-state index is 10.2. The number of hydrogen-bond acceptors (Lipinski definition) is 4. The molecule has 1 aromatic heterocycles. The van der Waals surface area contributed by atoms with Crippen molar-refractivity contribution >= 4 is 6.16 Å². The maximum absolute atomic E-state index is 10.2. The molecular formula is C7H10N2O4. The molecule has 0 aliphatic carbocycles. The van der Waals surface area contributed by atoms with Crippen LogP contribution in [0, 0.1) is 0 Å². The van der Waals surface area contributed by atoms with Crippen LogP contribution in [0.1, 0.15) is 5.82 Å². The minimum Gasteiger partial charge on any atom is -0.449 e.